The fourth-order valence-corrected chi connectivity index (χ4v) is 1.76. The third-order valence-corrected chi connectivity index (χ3v) is 2.86. The van der Waals surface area contributed by atoms with Crippen LogP contribution in [0.5, 0.6) is 11.5 Å². The number of nitrogens with one attached hydrogen (secondary N) is 2. The van der Waals surface area contributed by atoms with Crippen molar-refractivity contribution in [2.24, 2.45) is 0 Å². The quantitative estimate of drug-likeness (QED) is 0.669. The highest BCUT2D eigenvalue weighted by molar-refractivity contribution is 5.69. The lowest BCUT2D eigenvalue weighted by Crippen LogP contribution is -2.21. The molecule has 0 aliphatic carbocycles. The molecule has 2 N–H and O–H groups in total. The van der Waals surface area contributed by atoms with E-state index in [-0.39, 0.29) is 0 Å². The first-order valence-corrected chi connectivity index (χ1v) is 7.99. The first kappa shape index (κ1) is 6.12. The molecule has 2 aromatic rings. The second kappa shape index (κ2) is 10.7. The van der Waals surface area contributed by atoms with Crippen LogP contribution in [-0.2, 0) is 9.47 Å². The summed E-state index contributed by atoms with van der Waals surface area (Å²) in [5, 5.41) is 1.07. The van der Waals surface area contributed by atoms with Crippen molar-refractivity contribution < 1.29 is 68.3 Å². The Labute approximate surface area is 229 Å². The monoisotopic (exact) mass is 471 g/mol. The Morgan fingerprint density at radius 2 is 1.41 bits per heavy atom. The summed E-state index contributed by atoms with van der Waals surface area (Å²) < 4.78 is 241. The van der Waals surface area contributed by atoms with E-state index in [1.165, 1.54) is 0 Å². The minimum atomic E-state index is -3.75. The van der Waals surface area contributed by atoms with Gasteiger partial charge in [-0.15, -0.1) is 0 Å². The molecular formula is C24H30N2O6. The van der Waals surface area contributed by atoms with Crippen LogP contribution in [0.25, 0.3) is 0 Å². The van der Waals surface area contributed by atoms with Gasteiger partial charge in [0.1, 0.15) is 24.6 Å². The zero-order chi connectivity index (χ0) is 48.2. The van der Waals surface area contributed by atoms with Gasteiger partial charge in [-0.3, -0.25) is 0 Å². The van der Waals surface area contributed by atoms with Gasteiger partial charge in [-0.25, -0.2) is 9.59 Å². The van der Waals surface area contributed by atoms with Gasteiger partial charge in [0.05, 0.1) is 34.9 Å². The van der Waals surface area contributed by atoms with E-state index in [1.54, 1.807) is 5.32 Å². The number of amides is 2. The number of cyclic esters (lactones) is 2. The van der Waals surface area contributed by atoms with Crippen LogP contribution in [0.3, 0.4) is 0 Å². The smallest absolute Gasteiger partial charge is 0.407 e. The number of benzene rings is 2. The number of ether oxygens (including phenoxy) is 4. The standard InChI is InChI=1S/2C12H15NO3/c2*1-8-3-9(2)5-10(4-8)15-7-11-6-13-12(14)16-11/h2*3-5,11H,6-7H2,1-2H3,(H,13,14)/i2*1D3,2D3,3D,4D,5D,6D2,7D2,11D/hD. The molecule has 172 valence electrons. The first-order chi connectivity index (χ1) is 26.8. The topological polar surface area (TPSA) is 95.1 Å². The zero-order valence-electron chi connectivity index (χ0n) is 44.4. The van der Waals surface area contributed by atoms with E-state index in [4.69, 9.17) is 49.3 Å². The van der Waals surface area contributed by atoms with Gasteiger partial charge in [-0.05, 0) is 73.8 Å². The van der Waals surface area contributed by atoms with Crippen LogP contribution in [0.15, 0.2) is 36.3 Å². The average molecular weight is 472 g/mol. The second-order valence-electron chi connectivity index (χ2n) is 5.21. The highest BCUT2D eigenvalue weighted by Gasteiger charge is 2.23. The molecule has 0 spiro atoms. The van der Waals surface area contributed by atoms with E-state index in [0.717, 1.165) is 0 Å². The van der Waals surface area contributed by atoms with Gasteiger partial charge in [0.15, 0.2) is 13.6 Å². The van der Waals surface area contributed by atoms with Crippen LogP contribution in [0, 0.1) is 27.4 Å². The highest BCUT2D eigenvalue weighted by Crippen LogP contribution is 2.18. The molecule has 0 radical (unpaired) electrons. The highest BCUT2D eigenvalue weighted by atomic mass is 16.6. The summed E-state index contributed by atoms with van der Waals surface area (Å²) in [5.74, 6) is -2.58. The Morgan fingerprint density at radius 1 is 0.938 bits per heavy atom. The zero-order valence-corrected chi connectivity index (χ0v) is 15.4. The normalized spacial score (nSPS) is 42.9. The molecule has 2 aliphatic heterocycles. The fourth-order valence-electron chi connectivity index (χ4n) is 1.76. The van der Waals surface area contributed by atoms with Crippen molar-refractivity contribution in [2.75, 3.05) is 26.1 Å². The first-order valence-electron chi connectivity index (χ1n) is 22.4. The SMILES string of the molecule is [2H]c1c(OC([2H])([2H])C2([2H])OC(=O)N([2H])C2([2H])[2H])c([2H])c(C([2H])([2H])[2H])c([2H])c1C([2H])([2H])[2H].[2H]c1c(OC([2H])([2H])C2([2H])OC(=O)NC2([2H])[2H])c([2H])c(C([2H])([2H])[2H])c([2H])c1C([2H])([2H])[2H]. The Bertz CT molecular complexity index is 2030. The summed E-state index contributed by atoms with van der Waals surface area (Å²) >= 11 is 0. The van der Waals surface area contributed by atoms with Gasteiger partial charge in [-0.1, -0.05) is 12.1 Å². The molecular weight excluding hydrogens is 412 g/mol. The van der Waals surface area contributed by atoms with Crippen LogP contribution >= 0.6 is 0 Å². The number of hydrogen-bond acceptors (Lipinski definition) is 6. The van der Waals surface area contributed by atoms with Gasteiger partial charge < -0.3 is 29.6 Å². The molecule has 0 saturated carbocycles. The largest absolute Gasteiger partial charge is 0.490 e. The van der Waals surface area contributed by atoms with Crippen molar-refractivity contribution in [1.82, 2.24) is 10.6 Å². The maximum absolute atomic E-state index is 11.5. The molecule has 2 saturated heterocycles. The number of hydrogen-bond donors (Lipinski definition) is 2. The van der Waals surface area contributed by atoms with Crippen molar-refractivity contribution in [1.29, 1.82) is 0 Å². The van der Waals surface area contributed by atoms with E-state index in [0.29, 0.717) is 0 Å². The van der Waals surface area contributed by atoms with Gasteiger partial charge in [0, 0.05) is 16.4 Å². The van der Waals surface area contributed by atoms with Gasteiger partial charge >= 0.3 is 12.2 Å². The van der Waals surface area contributed by atoms with Crippen LogP contribution < -0.4 is 20.1 Å². The van der Waals surface area contributed by atoms with E-state index in [1.807, 2.05) is 0 Å². The summed E-state index contributed by atoms with van der Waals surface area (Å²) in [4.78, 5) is 22.9. The predicted molar refractivity (Wildman–Crippen MR) is 119 cm³/mol. The third kappa shape index (κ3) is 7.37. The maximum Gasteiger partial charge on any atom is 0.407 e. The molecule has 0 bridgehead atoms. The lowest BCUT2D eigenvalue weighted by molar-refractivity contribution is 0.104. The lowest BCUT2D eigenvalue weighted by Gasteiger charge is -2.11. The minimum absolute atomic E-state index is 0.473. The second-order valence-corrected chi connectivity index (χ2v) is 5.21. The molecule has 2 fully saturated rings. The molecule has 2 heterocycles. The molecule has 2 amide bonds. The molecule has 2 unspecified atom stereocenters. The van der Waals surface area contributed by atoms with Gasteiger partial charge in [-0.2, -0.15) is 0 Å². The fraction of sp³-hybridized carbons (Fsp3) is 0.417. The van der Waals surface area contributed by atoms with Gasteiger partial charge in [0.2, 0.25) is 0 Å². The summed E-state index contributed by atoms with van der Waals surface area (Å²) in [6, 6.07) is -7.29. The molecule has 4 rings (SSSR count). The van der Waals surface area contributed by atoms with Crippen molar-refractivity contribution in [3.05, 3.63) is 58.5 Å². The summed E-state index contributed by atoms with van der Waals surface area (Å²) in [7, 11) is 0. The van der Waals surface area contributed by atoms with Crippen LogP contribution in [0.2, 0.25) is 1.41 Å². The Hall–Kier alpha value is -3.42. The van der Waals surface area contributed by atoms with Crippen molar-refractivity contribution >= 4 is 12.2 Å². The van der Waals surface area contributed by atoms with E-state index in [9.17, 15) is 9.59 Å². The molecule has 0 aromatic heterocycles. The van der Waals surface area contributed by atoms with E-state index < -0.39 is 153 Å². The Kier molecular flexibility index (Phi) is 2.06. The maximum atomic E-state index is 11.5. The summed E-state index contributed by atoms with van der Waals surface area (Å²) in [5.41, 5.74) is -4.63. The van der Waals surface area contributed by atoms with Crippen molar-refractivity contribution in [3.63, 3.8) is 0 Å². The van der Waals surface area contributed by atoms with Crippen LogP contribution in [0.4, 0.5) is 9.59 Å². The van der Waals surface area contributed by atoms with Crippen LogP contribution in [0.1, 0.15) is 60.6 Å². The molecule has 8 nitrogen and oxygen atoms in total. The minimum Gasteiger partial charge on any atom is -0.490 e. The molecule has 8 heteroatoms. The predicted octanol–water partition coefficient (Wildman–Crippen LogP) is 3.58. The Morgan fingerprint density at radius 3 is 1.78 bits per heavy atom. The van der Waals surface area contributed by atoms with Crippen molar-refractivity contribution in [3.8, 4) is 11.5 Å². The number of alkyl carbamates (subject to hydrolysis) is 2. The summed E-state index contributed by atoms with van der Waals surface area (Å²) in [6.45, 7) is -26.9. The number of carbonyl (C=O) groups is 2. The molecule has 2 atom stereocenters. The van der Waals surface area contributed by atoms with Gasteiger partial charge in [0.25, 0.3) is 0 Å². The lowest BCUT2D eigenvalue weighted by atomic mass is 10.1. The van der Waals surface area contributed by atoms with E-state index in [2.05, 4.69) is 9.47 Å². The van der Waals surface area contributed by atoms with Crippen LogP contribution in [-0.4, -0.2) is 50.5 Å². The number of carbonyl (C=O) groups excluding carboxylic acids is 2. The molecule has 32 heavy (non-hydrogen) atoms. The Balaban J connectivity index is 0.000000325. The number of rotatable bonds is 6. The summed E-state index contributed by atoms with van der Waals surface area (Å²) in [6.07, 6.45) is -10.3. The van der Waals surface area contributed by atoms with Crippen molar-refractivity contribution in [2.45, 2.75) is 39.6 Å². The molecule has 2 aromatic carbocycles. The average Bonchev–Trinajstić information content (AvgIpc) is 3.33. The van der Waals surface area contributed by atoms with E-state index >= 15 is 0 Å². The molecule has 2 aliphatic rings. The third-order valence-electron chi connectivity index (χ3n) is 2.86.